The van der Waals surface area contributed by atoms with Crippen molar-refractivity contribution in [2.24, 2.45) is 0 Å². The van der Waals surface area contributed by atoms with Gasteiger partial charge in [-0.15, -0.1) is 22.7 Å². The molecular weight excluding hydrogens is 458 g/mol. The Hall–Kier alpha value is -3.48. The minimum Gasteiger partial charge on any atom is -0.462 e. The maximum atomic E-state index is 12.5. The summed E-state index contributed by atoms with van der Waals surface area (Å²) < 4.78 is 10.3. The molecule has 2 aromatic heterocycles. The first-order valence-electron chi connectivity index (χ1n) is 10.4. The van der Waals surface area contributed by atoms with Crippen LogP contribution in [0.25, 0.3) is 16.8 Å². The number of carbonyl (C=O) groups excluding carboxylic acids is 2. The van der Waals surface area contributed by atoms with Crippen LogP contribution in [0.5, 0.6) is 5.75 Å². The van der Waals surface area contributed by atoms with Crippen molar-refractivity contribution in [1.82, 2.24) is 4.98 Å². The summed E-state index contributed by atoms with van der Waals surface area (Å²) in [4.78, 5) is 29.4. The van der Waals surface area contributed by atoms with Crippen molar-refractivity contribution in [3.05, 3.63) is 56.9 Å². The summed E-state index contributed by atoms with van der Waals surface area (Å²) in [5.74, 6) is -0.249. The number of hydrogen-bond acceptors (Lipinski definition) is 9. The highest BCUT2D eigenvalue weighted by molar-refractivity contribution is 7.16. The molecular formula is C24H21N3O4S2. The molecule has 168 valence electrons. The van der Waals surface area contributed by atoms with Gasteiger partial charge in [0, 0.05) is 28.9 Å². The van der Waals surface area contributed by atoms with E-state index in [4.69, 9.17) is 9.47 Å². The Kier molecular flexibility index (Phi) is 6.87. The van der Waals surface area contributed by atoms with E-state index in [1.54, 1.807) is 25.3 Å². The number of thiazole rings is 1. The predicted molar refractivity (Wildman–Crippen MR) is 128 cm³/mol. The Morgan fingerprint density at radius 1 is 1.27 bits per heavy atom. The Balaban J connectivity index is 1.55. The number of allylic oxidation sites excluding steroid dienone is 1. The lowest BCUT2D eigenvalue weighted by molar-refractivity contribution is -0.131. The highest BCUT2D eigenvalue weighted by Gasteiger charge is 2.27. The third-order valence-electron chi connectivity index (χ3n) is 5.02. The van der Waals surface area contributed by atoms with Gasteiger partial charge < -0.3 is 14.8 Å². The normalized spacial score (nSPS) is 12.7. The molecule has 1 aliphatic rings. The lowest BCUT2D eigenvalue weighted by Crippen LogP contribution is -2.08. The van der Waals surface area contributed by atoms with Gasteiger partial charge in [0.25, 0.3) is 0 Å². The quantitative estimate of drug-likeness (QED) is 0.273. The van der Waals surface area contributed by atoms with Crippen LogP contribution >= 0.6 is 22.7 Å². The first kappa shape index (κ1) is 22.7. The van der Waals surface area contributed by atoms with E-state index in [9.17, 15) is 14.9 Å². The summed E-state index contributed by atoms with van der Waals surface area (Å²) in [6.45, 7) is 3.45. The number of nitrogens with zero attached hydrogens (tertiary/aromatic N) is 2. The van der Waals surface area contributed by atoms with Gasteiger partial charge in [0.1, 0.15) is 27.4 Å². The van der Waals surface area contributed by atoms with Gasteiger partial charge in [-0.25, -0.2) is 9.78 Å². The number of nitriles is 1. The zero-order valence-electron chi connectivity index (χ0n) is 18.1. The van der Waals surface area contributed by atoms with E-state index in [1.165, 1.54) is 34.5 Å². The Morgan fingerprint density at radius 3 is 2.76 bits per heavy atom. The average molecular weight is 480 g/mol. The summed E-state index contributed by atoms with van der Waals surface area (Å²) in [6, 6.07) is 9.20. The molecule has 3 aromatic rings. The van der Waals surface area contributed by atoms with E-state index >= 15 is 0 Å². The molecule has 4 rings (SSSR count). The molecule has 2 heterocycles. The van der Waals surface area contributed by atoms with Crippen LogP contribution in [0.1, 0.15) is 46.1 Å². The lowest BCUT2D eigenvalue weighted by Gasteiger charge is -2.06. The number of aryl methyl sites for hydroxylation is 1. The fraction of sp³-hybridized carbons (Fsp3) is 0.250. The third-order valence-corrected chi connectivity index (χ3v) is 7.11. The monoisotopic (exact) mass is 479 g/mol. The van der Waals surface area contributed by atoms with Crippen LogP contribution in [0.2, 0.25) is 0 Å². The number of benzene rings is 1. The van der Waals surface area contributed by atoms with E-state index in [0.29, 0.717) is 39.2 Å². The molecule has 33 heavy (non-hydrogen) atoms. The van der Waals surface area contributed by atoms with Crippen molar-refractivity contribution >= 4 is 45.2 Å². The first-order valence-corrected chi connectivity index (χ1v) is 12.1. The zero-order chi connectivity index (χ0) is 23.4. The lowest BCUT2D eigenvalue weighted by atomic mass is 10.1. The standard InChI is InChI=1S/C24H21N3O4S2/c1-3-30-24(29)21-18-5-4-6-20(18)33-23(21)26-12-16(11-25)22-27-19(13-32-22)15-7-9-17(10-8-15)31-14(2)28/h7-10,12-13,26H,3-6H2,1-2H3/b16-12-. The van der Waals surface area contributed by atoms with Crippen molar-refractivity contribution in [3.8, 4) is 23.1 Å². The smallest absolute Gasteiger partial charge is 0.341 e. The Labute approximate surface area is 199 Å². The summed E-state index contributed by atoms with van der Waals surface area (Å²) in [6.07, 6.45) is 4.45. The molecule has 0 fully saturated rings. The summed E-state index contributed by atoms with van der Waals surface area (Å²) in [5, 5.41) is 16.0. The van der Waals surface area contributed by atoms with E-state index in [-0.39, 0.29) is 11.9 Å². The first-order chi connectivity index (χ1) is 16.0. The highest BCUT2D eigenvalue weighted by Crippen LogP contribution is 2.40. The molecule has 1 aromatic carbocycles. The molecule has 7 nitrogen and oxygen atoms in total. The van der Waals surface area contributed by atoms with Crippen LogP contribution < -0.4 is 10.1 Å². The number of ether oxygens (including phenoxy) is 2. The molecule has 0 spiro atoms. The van der Waals surface area contributed by atoms with Gasteiger partial charge in [0.05, 0.1) is 17.9 Å². The number of hydrogen-bond donors (Lipinski definition) is 1. The summed E-state index contributed by atoms with van der Waals surface area (Å²) in [7, 11) is 0. The molecule has 0 unspecified atom stereocenters. The number of anilines is 1. The largest absolute Gasteiger partial charge is 0.462 e. The van der Waals surface area contributed by atoms with E-state index < -0.39 is 0 Å². The average Bonchev–Trinajstić information content (AvgIpc) is 3.51. The van der Waals surface area contributed by atoms with Crippen molar-refractivity contribution < 1.29 is 19.1 Å². The summed E-state index contributed by atoms with van der Waals surface area (Å²) in [5.41, 5.74) is 3.56. The summed E-state index contributed by atoms with van der Waals surface area (Å²) >= 11 is 2.89. The van der Waals surface area contributed by atoms with Gasteiger partial charge in [0.2, 0.25) is 0 Å². The van der Waals surface area contributed by atoms with E-state index in [2.05, 4.69) is 16.4 Å². The Bertz CT molecular complexity index is 1270. The van der Waals surface area contributed by atoms with Gasteiger partial charge >= 0.3 is 11.9 Å². The second-order valence-corrected chi connectivity index (χ2v) is 9.22. The van der Waals surface area contributed by atoms with Gasteiger partial charge in [-0.3, -0.25) is 4.79 Å². The third kappa shape index (κ3) is 4.97. The van der Waals surface area contributed by atoms with Crippen LogP contribution in [0.4, 0.5) is 5.00 Å². The molecule has 1 N–H and O–H groups in total. The molecule has 0 aliphatic heterocycles. The van der Waals surface area contributed by atoms with Crippen molar-refractivity contribution in [1.29, 1.82) is 5.26 Å². The molecule has 0 atom stereocenters. The number of carbonyl (C=O) groups is 2. The minimum absolute atomic E-state index is 0.311. The van der Waals surface area contributed by atoms with Gasteiger partial charge in [0.15, 0.2) is 0 Å². The van der Waals surface area contributed by atoms with Gasteiger partial charge in [-0.2, -0.15) is 5.26 Å². The maximum Gasteiger partial charge on any atom is 0.341 e. The Morgan fingerprint density at radius 2 is 2.06 bits per heavy atom. The maximum absolute atomic E-state index is 12.5. The van der Waals surface area contributed by atoms with Crippen LogP contribution in [0, 0.1) is 11.3 Å². The topological polar surface area (TPSA) is 101 Å². The number of aromatic nitrogens is 1. The van der Waals surface area contributed by atoms with E-state index in [1.807, 2.05) is 17.5 Å². The number of nitrogens with one attached hydrogen (secondary N) is 1. The van der Waals surface area contributed by atoms with Gasteiger partial charge in [-0.1, -0.05) is 0 Å². The van der Waals surface area contributed by atoms with E-state index in [0.717, 1.165) is 30.4 Å². The molecule has 1 aliphatic carbocycles. The van der Waals surface area contributed by atoms with Crippen LogP contribution in [-0.4, -0.2) is 23.5 Å². The number of esters is 2. The number of fused-ring (bicyclic) bond motifs is 1. The van der Waals surface area contributed by atoms with Crippen molar-refractivity contribution in [2.45, 2.75) is 33.1 Å². The molecule has 0 radical (unpaired) electrons. The van der Waals surface area contributed by atoms with Crippen LogP contribution in [0.3, 0.4) is 0 Å². The molecule has 0 saturated heterocycles. The minimum atomic E-state index is -0.378. The van der Waals surface area contributed by atoms with Crippen LogP contribution in [0.15, 0.2) is 35.8 Å². The zero-order valence-corrected chi connectivity index (χ0v) is 19.8. The fourth-order valence-electron chi connectivity index (χ4n) is 3.59. The fourth-order valence-corrected chi connectivity index (χ4v) is 5.64. The predicted octanol–water partition coefficient (Wildman–Crippen LogP) is 5.44. The second kappa shape index (κ2) is 9.98. The highest BCUT2D eigenvalue weighted by atomic mass is 32.1. The molecule has 0 saturated carbocycles. The van der Waals surface area contributed by atoms with Crippen molar-refractivity contribution in [3.63, 3.8) is 0 Å². The molecule has 0 bridgehead atoms. The second-order valence-electron chi connectivity index (χ2n) is 7.25. The SMILES string of the molecule is CCOC(=O)c1c(N/C=C(/C#N)c2nc(-c3ccc(OC(C)=O)cc3)cs2)sc2c1CCC2. The van der Waals surface area contributed by atoms with Gasteiger partial charge in [-0.05, 0) is 56.0 Å². The van der Waals surface area contributed by atoms with Crippen LogP contribution in [-0.2, 0) is 22.4 Å². The molecule has 9 heteroatoms. The number of thiophene rings is 1. The van der Waals surface area contributed by atoms with Crippen molar-refractivity contribution in [2.75, 3.05) is 11.9 Å². The molecule has 0 amide bonds. The number of rotatable bonds is 7.